The standard InChI is InChI=1S/C10H7ClN2O2/c11-7-2-1-3-8(4-7)15-9-5-12-6-13-10(9)14/h1-6H,(H,12,13,14). The summed E-state index contributed by atoms with van der Waals surface area (Å²) in [5.74, 6) is 0.640. The van der Waals surface area contributed by atoms with E-state index in [1.54, 1.807) is 24.3 Å². The van der Waals surface area contributed by atoms with Gasteiger partial charge in [-0.1, -0.05) is 17.7 Å². The minimum absolute atomic E-state index is 0.139. The largest absolute Gasteiger partial charge is 0.450 e. The number of nitrogens with one attached hydrogen (secondary N) is 1. The first kappa shape index (κ1) is 9.73. The topological polar surface area (TPSA) is 55.0 Å². The fraction of sp³-hybridized carbons (Fsp3) is 0. The van der Waals surface area contributed by atoms with E-state index < -0.39 is 0 Å². The molecule has 0 saturated carbocycles. The van der Waals surface area contributed by atoms with Crippen LogP contribution in [0.2, 0.25) is 5.02 Å². The Morgan fingerprint density at radius 3 is 3.00 bits per heavy atom. The van der Waals surface area contributed by atoms with Gasteiger partial charge in [-0.05, 0) is 18.2 Å². The van der Waals surface area contributed by atoms with Crippen molar-refractivity contribution in [3.8, 4) is 11.5 Å². The number of H-pyrrole nitrogens is 1. The highest BCUT2D eigenvalue weighted by Crippen LogP contribution is 2.20. The van der Waals surface area contributed by atoms with Crippen molar-refractivity contribution in [1.82, 2.24) is 9.97 Å². The van der Waals surface area contributed by atoms with Crippen LogP contribution in [0.25, 0.3) is 0 Å². The lowest BCUT2D eigenvalue weighted by Gasteiger charge is -2.03. The first-order valence-corrected chi connectivity index (χ1v) is 4.59. The first-order chi connectivity index (χ1) is 7.25. The summed E-state index contributed by atoms with van der Waals surface area (Å²) in [7, 11) is 0. The average Bonchev–Trinajstić information content (AvgIpc) is 2.22. The molecule has 15 heavy (non-hydrogen) atoms. The summed E-state index contributed by atoms with van der Waals surface area (Å²) >= 11 is 5.77. The van der Waals surface area contributed by atoms with Crippen LogP contribution in [0.5, 0.6) is 11.5 Å². The molecule has 0 bridgehead atoms. The third-order valence-corrected chi connectivity index (χ3v) is 1.94. The molecule has 0 aliphatic carbocycles. The summed E-state index contributed by atoms with van der Waals surface area (Å²) in [5.41, 5.74) is -0.329. The zero-order chi connectivity index (χ0) is 10.7. The van der Waals surface area contributed by atoms with Crippen LogP contribution in [0, 0.1) is 0 Å². The number of rotatable bonds is 2. The van der Waals surface area contributed by atoms with Crippen molar-refractivity contribution in [2.75, 3.05) is 0 Å². The number of ether oxygens (including phenoxy) is 1. The Morgan fingerprint density at radius 1 is 1.40 bits per heavy atom. The van der Waals surface area contributed by atoms with Gasteiger partial charge in [0.15, 0.2) is 0 Å². The summed E-state index contributed by atoms with van der Waals surface area (Å²) < 4.78 is 5.30. The second-order valence-corrected chi connectivity index (χ2v) is 3.24. The average molecular weight is 223 g/mol. The van der Waals surface area contributed by atoms with Crippen molar-refractivity contribution in [3.63, 3.8) is 0 Å². The predicted molar refractivity (Wildman–Crippen MR) is 56.4 cm³/mol. The van der Waals surface area contributed by atoms with E-state index in [4.69, 9.17) is 16.3 Å². The molecule has 0 atom stereocenters. The molecular weight excluding hydrogens is 216 g/mol. The van der Waals surface area contributed by atoms with E-state index in [0.717, 1.165) is 0 Å². The molecule has 2 rings (SSSR count). The Balaban J connectivity index is 2.30. The lowest BCUT2D eigenvalue weighted by atomic mass is 10.3. The van der Waals surface area contributed by atoms with Gasteiger partial charge < -0.3 is 9.72 Å². The fourth-order valence-electron chi connectivity index (χ4n) is 1.06. The van der Waals surface area contributed by atoms with Crippen LogP contribution >= 0.6 is 11.6 Å². The molecule has 0 fully saturated rings. The zero-order valence-corrected chi connectivity index (χ0v) is 8.36. The summed E-state index contributed by atoms with van der Waals surface area (Å²) in [6.45, 7) is 0. The molecule has 2 aromatic rings. The van der Waals surface area contributed by atoms with Gasteiger partial charge in [-0.3, -0.25) is 4.79 Å². The number of aromatic amines is 1. The minimum atomic E-state index is -0.329. The summed E-state index contributed by atoms with van der Waals surface area (Å²) in [6, 6.07) is 6.79. The Labute approximate surface area is 90.5 Å². The smallest absolute Gasteiger partial charge is 0.293 e. The molecule has 1 N–H and O–H groups in total. The third kappa shape index (κ3) is 2.35. The molecule has 76 valence electrons. The third-order valence-electron chi connectivity index (χ3n) is 1.71. The number of aromatic nitrogens is 2. The summed E-state index contributed by atoms with van der Waals surface area (Å²) in [6.07, 6.45) is 2.65. The number of hydrogen-bond donors (Lipinski definition) is 1. The van der Waals surface area contributed by atoms with Gasteiger partial charge in [-0.25, -0.2) is 4.98 Å². The van der Waals surface area contributed by atoms with E-state index in [1.165, 1.54) is 12.5 Å². The Kier molecular flexibility index (Phi) is 2.69. The molecule has 0 aliphatic heterocycles. The highest BCUT2D eigenvalue weighted by molar-refractivity contribution is 6.30. The maximum absolute atomic E-state index is 11.3. The SMILES string of the molecule is O=c1[nH]cncc1Oc1cccc(Cl)c1. The normalized spacial score (nSPS) is 9.93. The lowest BCUT2D eigenvalue weighted by molar-refractivity contribution is 0.472. The van der Waals surface area contributed by atoms with Crippen molar-refractivity contribution in [1.29, 1.82) is 0 Å². The quantitative estimate of drug-likeness (QED) is 0.848. The van der Waals surface area contributed by atoms with Gasteiger partial charge in [0, 0.05) is 5.02 Å². The molecular formula is C10H7ClN2O2. The first-order valence-electron chi connectivity index (χ1n) is 4.22. The van der Waals surface area contributed by atoms with Crippen molar-refractivity contribution in [2.24, 2.45) is 0 Å². The second kappa shape index (κ2) is 4.14. The van der Waals surface area contributed by atoms with Crippen molar-refractivity contribution < 1.29 is 4.74 Å². The van der Waals surface area contributed by atoms with E-state index in [-0.39, 0.29) is 11.3 Å². The van der Waals surface area contributed by atoms with E-state index in [1.807, 2.05) is 0 Å². The lowest BCUT2D eigenvalue weighted by Crippen LogP contribution is -2.07. The van der Waals surface area contributed by atoms with Crippen LogP contribution in [-0.2, 0) is 0 Å². The zero-order valence-electron chi connectivity index (χ0n) is 7.61. The molecule has 5 heteroatoms. The van der Waals surface area contributed by atoms with Gasteiger partial charge in [-0.2, -0.15) is 0 Å². The van der Waals surface area contributed by atoms with Crippen LogP contribution in [0.4, 0.5) is 0 Å². The molecule has 4 nitrogen and oxygen atoms in total. The highest BCUT2D eigenvalue weighted by atomic mass is 35.5. The van der Waals surface area contributed by atoms with Crippen LogP contribution in [0.15, 0.2) is 41.6 Å². The fourth-order valence-corrected chi connectivity index (χ4v) is 1.24. The number of hydrogen-bond acceptors (Lipinski definition) is 3. The Morgan fingerprint density at radius 2 is 2.27 bits per heavy atom. The number of benzene rings is 1. The molecule has 0 aliphatic rings. The van der Waals surface area contributed by atoms with Gasteiger partial charge in [-0.15, -0.1) is 0 Å². The second-order valence-electron chi connectivity index (χ2n) is 2.80. The maximum Gasteiger partial charge on any atom is 0.293 e. The number of nitrogens with zero attached hydrogens (tertiary/aromatic N) is 1. The minimum Gasteiger partial charge on any atom is -0.450 e. The van der Waals surface area contributed by atoms with Crippen molar-refractivity contribution in [3.05, 3.63) is 52.2 Å². The Bertz CT molecular complexity index is 525. The summed E-state index contributed by atoms with van der Waals surface area (Å²) in [5, 5.41) is 0.549. The maximum atomic E-state index is 11.3. The predicted octanol–water partition coefficient (Wildman–Crippen LogP) is 2.22. The van der Waals surface area contributed by atoms with Gasteiger partial charge in [0.2, 0.25) is 5.75 Å². The monoisotopic (exact) mass is 222 g/mol. The van der Waals surface area contributed by atoms with Gasteiger partial charge >= 0.3 is 0 Å². The van der Waals surface area contributed by atoms with E-state index in [0.29, 0.717) is 10.8 Å². The molecule has 1 aromatic carbocycles. The van der Waals surface area contributed by atoms with Crippen LogP contribution < -0.4 is 10.3 Å². The van der Waals surface area contributed by atoms with Crippen molar-refractivity contribution >= 4 is 11.6 Å². The van der Waals surface area contributed by atoms with Gasteiger partial charge in [0.05, 0.1) is 12.5 Å². The van der Waals surface area contributed by atoms with Crippen LogP contribution in [0.3, 0.4) is 0 Å². The molecule has 0 radical (unpaired) electrons. The molecule has 0 unspecified atom stereocenters. The van der Waals surface area contributed by atoms with E-state index >= 15 is 0 Å². The van der Waals surface area contributed by atoms with Gasteiger partial charge in [0.25, 0.3) is 5.56 Å². The van der Waals surface area contributed by atoms with Crippen LogP contribution in [-0.4, -0.2) is 9.97 Å². The van der Waals surface area contributed by atoms with Gasteiger partial charge in [0.1, 0.15) is 5.75 Å². The highest BCUT2D eigenvalue weighted by Gasteiger charge is 2.01. The van der Waals surface area contributed by atoms with Crippen molar-refractivity contribution in [2.45, 2.75) is 0 Å². The molecule has 1 aromatic heterocycles. The molecule has 0 spiro atoms. The molecule has 1 heterocycles. The Hall–Kier alpha value is -1.81. The molecule has 0 saturated heterocycles. The van der Waals surface area contributed by atoms with E-state index in [2.05, 4.69) is 9.97 Å². The molecule has 0 amide bonds. The number of halogens is 1. The van der Waals surface area contributed by atoms with E-state index in [9.17, 15) is 4.79 Å². The van der Waals surface area contributed by atoms with Crippen LogP contribution in [0.1, 0.15) is 0 Å². The summed E-state index contributed by atoms with van der Waals surface area (Å²) in [4.78, 5) is 17.4.